The van der Waals surface area contributed by atoms with Gasteiger partial charge in [-0.25, -0.2) is 4.98 Å². The first-order valence-electron chi connectivity index (χ1n) is 10.5. The number of aryl methyl sites for hydroxylation is 1. The average Bonchev–Trinajstić information content (AvgIpc) is 2.84. The normalized spacial score (nSPS) is 10.9. The van der Waals surface area contributed by atoms with Crippen molar-refractivity contribution in [1.29, 1.82) is 0 Å². The summed E-state index contributed by atoms with van der Waals surface area (Å²) in [6, 6.07) is 29.8. The molecule has 0 aliphatic carbocycles. The molecule has 156 valence electrons. The van der Waals surface area contributed by atoms with Crippen LogP contribution in [-0.2, 0) is 0 Å². The SMILES string of the molecule is COc1ccc2[nH]c(=O)c(-c3cc(-c4ccccc4)nc(-c4ccc(C)cc4)c3)cc2c1. The fourth-order valence-corrected chi connectivity index (χ4v) is 3.84. The van der Waals surface area contributed by atoms with Crippen molar-refractivity contribution in [2.45, 2.75) is 6.92 Å². The lowest BCUT2D eigenvalue weighted by atomic mass is 9.99. The summed E-state index contributed by atoms with van der Waals surface area (Å²) in [4.78, 5) is 20.9. The number of aromatic amines is 1. The van der Waals surface area contributed by atoms with Crippen LogP contribution in [0.4, 0.5) is 0 Å². The summed E-state index contributed by atoms with van der Waals surface area (Å²) >= 11 is 0. The van der Waals surface area contributed by atoms with Crippen molar-refractivity contribution >= 4 is 10.9 Å². The van der Waals surface area contributed by atoms with Crippen LogP contribution < -0.4 is 10.3 Å². The van der Waals surface area contributed by atoms with E-state index in [1.165, 1.54) is 5.56 Å². The highest BCUT2D eigenvalue weighted by atomic mass is 16.5. The summed E-state index contributed by atoms with van der Waals surface area (Å²) in [6.07, 6.45) is 0. The van der Waals surface area contributed by atoms with E-state index in [-0.39, 0.29) is 5.56 Å². The van der Waals surface area contributed by atoms with E-state index in [2.05, 4.69) is 36.2 Å². The van der Waals surface area contributed by atoms with Gasteiger partial charge in [0.25, 0.3) is 5.56 Å². The number of hydrogen-bond acceptors (Lipinski definition) is 3. The Hall–Kier alpha value is -4.18. The smallest absolute Gasteiger partial charge is 0.256 e. The maximum Gasteiger partial charge on any atom is 0.256 e. The molecule has 0 saturated heterocycles. The second kappa shape index (κ2) is 8.16. The van der Waals surface area contributed by atoms with E-state index in [9.17, 15) is 4.79 Å². The van der Waals surface area contributed by atoms with E-state index in [1.807, 2.05) is 66.7 Å². The zero-order valence-electron chi connectivity index (χ0n) is 17.9. The Bertz CT molecular complexity index is 1470. The minimum atomic E-state index is -0.136. The predicted octanol–water partition coefficient (Wildman–Crippen LogP) is 6.24. The molecule has 0 atom stereocenters. The summed E-state index contributed by atoms with van der Waals surface area (Å²) in [5.41, 5.74) is 6.90. The number of pyridine rings is 2. The molecule has 2 aromatic heterocycles. The molecule has 0 saturated carbocycles. The van der Waals surface area contributed by atoms with Gasteiger partial charge in [-0.05, 0) is 48.9 Å². The van der Waals surface area contributed by atoms with Crippen molar-refractivity contribution in [3.05, 3.63) is 107 Å². The molecule has 5 aromatic rings. The number of benzene rings is 3. The van der Waals surface area contributed by atoms with Crippen LogP contribution in [0.1, 0.15) is 5.56 Å². The summed E-state index contributed by atoms with van der Waals surface area (Å²) in [5.74, 6) is 0.746. The summed E-state index contributed by atoms with van der Waals surface area (Å²) in [6.45, 7) is 2.06. The lowest BCUT2D eigenvalue weighted by Crippen LogP contribution is -2.09. The molecule has 0 aliphatic heterocycles. The molecule has 0 radical (unpaired) electrons. The fourth-order valence-electron chi connectivity index (χ4n) is 3.84. The van der Waals surface area contributed by atoms with Gasteiger partial charge in [0.05, 0.1) is 18.5 Å². The minimum Gasteiger partial charge on any atom is -0.497 e. The van der Waals surface area contributed by atoms with Gasteiger partial charge in [0.1, 0.15) is 5.75 Å². The summed E-state index contributed by atoms with van der Waals surface area (Å²) in [7, 11) is 1.64. The molecule has 1 N–H and O–H groups in total. The molecule has 0 bridgehead atoms. The largest absolute Gasteiger partial charge is 0.497 e. The molecule has 0 aliphatic rings. The highest BCUT2D eigenvalue weighted by molar-refractivity contribution is 5.86. The van der Waals surface area contributed by atoms with Gasteiger partial charge < -0.3 is 9.72 Å². The van der Waals surface area contributed by atoms with Gasteiger partial charge in [0.15, 0.2) is 0 Å². The average molecular weight is 418 g/mol. The van der Waals surface area contributed by atoms with Gasteiger partial charge in [-0.2, -0.15) is 0 Å². The topological polar surface area (TPSA) is 55.0 Å². The zero-order valence-corrected chi connectivity index (χ0v) is 17.9. The number of rotatable bonds is 4. The summed E-state index contributed by atoms with van der Waals surface area (Å²) < 4.78 is 5.36. The van der Waals surface area contributed by atoms with Gasteiger partial charge >= 0.3 is 0 Å². The minimum absolute atomic E-state index is 0.136. The molecular weight excluding hydrogens is 396 g/mol. The molecule has 0 fully saturated rings. The lowest BCUT2D eigenvalue weighted by Gasteiger charge is -2.11. The van der Waals surface area contributed by atoms with Gasteiger partial charge in [-0.3, -0.25) is 4.79 Å². The van der Waals surface area contributed by atoms with Crippen LogP contribution in [0.5, 0.6) is 5.75 Å². The Labute approximate surface area is 186 Å². The van der Waals surface area contributed by atoms with Crippen molar-refractivity contribution in [2.75, 3.05) is 7.11 Å². The molecular formula is C28H22N2O2. The van der Waals surface area contributed by atoms with E-state index < -0.39 is 0 Å². The Morgan fingerprint density at radius 1 is 0.750 bits per heavy atom. The van der Waals surface area contributed by atoms with Crippen LogP contribution >= 0.6 is 0 Å². The lowest BCUT2D eigenvalue weighted by molar-refractivity contribution is 0.415. The second-order valence-electron chi connectivity index (χ2n) is 7.82. The second-order valence-corrected chi connectivity index (χ2v) is 7.82. The Kier molecular flexibility index (Phi) is 5.04. The molecule has 4 heteroatoms. The van der Waals surface area contributed by atoms with Crippen LogP contribution in [-0.4, -0.2) is 17.1 Å². The first kappa shape index (κ1) is 19.8. The molecule has 0 unspecified atom stereocenters. The number of hydrogen-bond donors (Lipinski definition) is 1. The highest BCUT2D eigenvalue weighted by Gasteiger charge is 2.12. The number of H-pyrrole nitrogens is 1. The van der Waals surface area contributed by atoms with Crippen molar-refractivity contribution < 1.29 is 4.74 Å². The van der Waals surface area contributed by atoms with E-state index in [0.29, 0.717) is 5.56 Å². The van der Waals surface area contributed by atoms with E-state index in [0.717, 1.165) is 44.7 Å². The van der Waals surface area contributed by atoms with Gasteiger partial charge in [0, 0.05) is 27.6 Å². The third-order valence-electron chi connectivity index (χ3n) is 5.60. The van der Waals surface area contributed by atoms with E-state index in [4.69, 9.17) is 9.72 Å². The molecule has 2 heterocycles. The first-order valence-corrected chi connectivity index (χ1v) is 10.5. The molecule has 0 amide bonds. The van der Waals surface area contributed by atoms with Gasteiger partial charge in [-0.15, -0.1) is 0 Å². The van der Waals surface area contributed by atoms with Crippen LogP contribution in [0.25, 0.3) is 44.5 Å². The standard InChI is InChI=1S/C28H22N2O2/c1-18-8-10-20(11-9-18)27-17-21(16-26(29-27)19-6-4-3-5-7-19)24-15-22-14-23(32-2)12-13-25(22)30-28(24)31/h3-17H,1-2H3,(H,30,31). The predicted molar refractivity (Wildman–Crippen MR) is 130 cm³/mol. The quantitative estimate of drug-likeness (QED) is 0.376. The molecule has 3 aromatic carbocycles. The zero-order chi connectivity index (χ0) is 22.1. The maximum atomic E-state index is 13.0. The van der Waals surface area contributed by atoms with Crippen molar-refractivity contribution in [1.82, 2.24) is 9.97 Å². The summed E-state index contributed by atoms with van der Waals surface area (Å²) in [5, 5.41) is 0.911. The van der Waals surface area contributed by atoms with E-state index in [1.54, 1.807) is 7.11 Å². The number of fused-ring (bicyclic) bond motifs is 1. The van der Waals surface area contributed by atoms with Crippen LogP contribution in [0.2, 0.25) is 0 Å². The molecule has 32 heavy (non-hydrogen) atoms. The molecule has 5 rings (SSSR count). The van der Waals surface area contributed by atoms with Gasteiger partial charge in [-0.1, -0.05) is 60.2 Å². The third kappa shape index (κ3) is 3.79. The van der Waals surface area contributed by atoms with Crippen LogP contribution in [0, 0.1) is 6.92 Å². The van der Waals surface area contributed by atoms with Crippen LogP contribution in [0.3, 0.4) is 0 Å². The molecule has 0 spiro atoms. The Balaban J connectivity index is 1.74. The maximum absolute atomic E-state index is 13.0. The fraction of sp³-hybridized carbons (Fsp3) is 0.0714. The number of aromatic nitrogens is 2. The van der Waals surface area contributed by atoms with Crippen molar-refractivity contribution in [3.8, 4) is 39.4 Å². The third-order valence-corrected chi connectivity index (χ3v) is 5.60. The number of ether oxygens (including phenoxy) is 1. The monoisotopic (exact) mass is 418 g/mol. The van der Waals surface area contributed by atoms with Gasteiger partial charge in [0.2, 0.25) is 0 Å². The number of nitrogens with one attached hydrogen (secondary N) is 1. The number of nitrogens with zero attached hydrogens (tertiary/aromatic N) is 1. The highest BCUT2D eigenvalue weighted by Crippen LogP contribution is 2.30. The number of methoxy groups -OCH3 is 1. The van der Waals surface area contributed by atoms with E-state index >= 15 is 0 Å². The van der Waals surface area contributed by atoms with Crippen molar-refractivity contribution in [3.63, 3.8) is 0 Å². The Morgan fingerprint density at radius 2 is 1.44 bits per heavy atom. The van der Waals surface area contributed by atoms with Crippen LogP contribution in [0.15, 0.2) is 95.8 Å². The van der Waals surface area contributed by atoms with Crippen molar-refractivity contribution in [2.24, 2.45) is 0 Å². The first-order chi connectivity index (χ1) is 15.6. The molecule has 4 nitrogen and oxygen atoms in total. The Morgan fingerprint density at radius 3 is 2.12 bits per heavy atom.